The predicted molar refractivity (Wildman–Crippen MR) is 94.2 cm³/mol. The highest BCUT2D eigenvalue weighted by Gasteiger charge is 2.25. The number of hydrogen-bond donors (Lipinski definition) is 3. The Morgan fingerprint density at radius 1 is 1.17 bits per heavy atom. The van der Waals surface area contributed by atoms with E-state index in [-0.39, 0.29) is 6.04 Å². The molecule has 1 atom stereocenters. The average Bonchev–Trinajstić information content (AvgIpc) is 2.97. The van der Waals surface area contributed by atoms with Gasteiger partial charge in [0.25, 0.3) is 10.2 Å². The molecule has 0 aliphatic carbocycles. The first-order valence-electron chi connectivity index (χ1n) is 7.58. The van der Waals surface area contributed by atoms with Gasteiger partial charge in [0.2, 0.25) is 0 Å². The molecule has 1 saturated heterocycles. The second-order valence-corrected chi connectivity index (χ2v) is 7.06. The van der Waals surface area contributed by atoms with Gasteiger partial charge in [-0.2, -0.15) is 13.1 Å². The van der Waals surface area contributed by atoms with Crippen molar-refractivity contribution in [1.29, 1.82) is 0 Å². The van der Waals surface area contributed by atoms with Crippen LogP contribution in [0.15, 0.2) is 48.5 Å². The fourth-order valence-electron chi connectivity index (χ4n) is 2.75. The number of nitrogens with two attached hydrogens (primary N) is 2. The van der Waals surface area contributed by atoms with Crippen molar-refractivity contribution in [3.63, 3.8) is 0 Å². The van der Waals surface area contributed by atoms with E-state index in [9.17, 15) is 8.42 Å². The smallest absolute Gasteiger partial charge is 0.274 e. The molecule has 2 aromatic rings. The maximum absolute atomic E-state index is 11.1. The molecule has 0 aromatic heterocycles. The maximum atomic E-state index is 11.1. The van der Waals surface area contributed by atoms with Crippen LogP contribution < -0.4 is 25.2 Å². The van der Waals surface area contributed by atoms with Crippen LogP contribution in [-0.2, 0) is 10.2 Å². The first-order valence-corrected chi connectivity index (χ1v) is 9.13. The van der Waals surface area contributed by atoms with E-state index in [4.69, 9.17) is 15.6 Å². The summed E-state index contributed by atoms with van der Waals surface area (Å²) in [6.07, 6.45) is 0.690. The number of para-hydroxylation sites is 1. The molecule has 3 rings (SSSR count). The Morgan fingerprint density at radius 2 is 1.92 bits per heavy atom. The zero-order chi connectivity index (χ0) is 17.2. The number of anilines is 2. The largest absolute Gasteiger partial charge is 0.455 e. The van der Waals surface area contributed by atoms with Crippen molar-refractivity contribution in [1.82, 2.24) is 4.72 Å². The lowest BCUT2D eigenvalue weighted by molar-refractivity contribution is 0.485. The number of ether oxygens (including phenoxy) is 1. The molecule has 1 heterocycles. The summed E-state index contributed by atoms with van der Waals surface area (Å²) in [6.45, 7) is 1.27. The fourth-order valence-corrected chi connectivity index (χ4v) is 3.40. The van der Waals surface area contributed by atoms with Gasteiger partial charge in [0, 0.05) is 30.9 Å². The van der Waals surface area contributed by atoms with Crippen LogP contribution in [0.1, 0.15) is 6.42 Å². The van der Waals surface area contributed by atoms with Crippen molar-refractivity contribution in [2.45, 2.75) is 12.5 Å². The number of benzene rings is 2. The molecule has 1 unspecified atom stereocenters. The van der Waals surface area contributed by atoms with E-state index in [1.54, 1.807) is 6.07 Å². The first kappa shape index (κ1) is 16.6. The topological polar surface area (TPSA) is 111 Å². The Kier molecular flexibility index (Phi) is 4.61. The quantitative estimate of drug-likeness (QED) is 0.708. The molecular formula is C16H20N4O3S. The molecule has 0 radical (unpaired) electrons. The highest BCUT2D eigenvalue weighted by molar-refractivity contribution is 7.87. The summed E-state index contributed by atoms with van der Waals surface area (Å²) in [7, 11) is -3.69. The van der Waals surface area contributed by atoms with E-state index in [2.05, 4.69) is 9.62 Å². The van der Waals surface area contributed by atoms with E-state index in [0.29, 0.717) is 30.2 Å². The number of rotatable bonds is 5. The third-order valence-corrected chi connectivity index (χ3v) is 4.51. The van der Waals surface area contributed by atoms with E-state index >= 15 is 0 Å². The van der Waals surface area contributed by atoms with Gasteiger partial charge in [0.05, 0.1) is 5.69 Å². The second kappa shape index (κ2) is 6.68. The molecule has 2 aromatic carbocycles. The Bertz CT molecular complexity index is 811. The van der Waals surface area contributed by atoms with Gasteiger partial charge in [-0.3, -0.25) is 0 Å². The fraction of sp³-hybridized carbons (Fsp3) is 0.250. The molecule has 0 bridgehead atoms. The van der Waals surface area contributed by atoms with Crippen LogP contribution in [0.4, 0.5) is 11.4 Å². The van der Waals surface area contributed by atoms with Crippen LogP contribution in [0.5, 0.6) is 11.5 Å². The van der Waals surface area contributed by atoms with Crippen LogP contribution in [0, 0.1) is 0 Å². The molecule has 0 spiro atoms. The van der Waals surface area contributed by atoms with Gasteiger partial charge in [-0.1, -0.05) is 18.2 Å². The first-order chi connectivity index (χ1) is 11.4. The zero-order valence-corrected chi connectivity index (χ0v) is 13.9. The number of nitrogen functional groups attached to an aromatic ring is 1. The number of hydrogen-bond acceptors (Lipinski definition) is 5. The summed E-state index contributed by atoms with van der Waals surface area (Å²) in [6, 6.07) is 14.7. The van der Waals surface area contributed by atoms with E-state index in [1.807, 2.05) is 42.5 Å². The number of nitrogens with one attached hydrogen (secondary N) is 1. The standard InChI is InChI=1S/C16H20N4O3S/c17-15-7-6-13(10-16(15)23-14-4-2-1-3-5-14)20-9-8-12(11-20)19-24(18,21)22/h1-7,10,12,19H,8-9,11,17H2,(H2,18,21,22). The molecule has 0 saturated carbocycles. The van der Waals surface area contributed by atoms with Gasteiger partial charge in [-0.25, -0.2) is 5.14 Å². The summed E-state index contributed by atoms with van der Waals surface area (Å²) in [5.41, 5.74) is 7.46. The molecule has 0 amide bonds. The van der Waals surface area contributed by atoms with E-state index in [1.165, 1.54) is 0 Å². The molecule has 1 fully saturated rings. The summed E-state index contributed by atoms with van der Waals surface area (Å²) in [5, 5.41) is 5.04. The zero-order valence-electron chi connectivity index (χ0n) is 13.1. The third-order valence-electron chi connectivity index (χ3n) is 3.85. The van der Waals surface area contributed by atoms with Crippen molar-refractivity contribution in [2.24, 2.45) is 5.14 Å². The van der Waals surface area contributed by atoms with Gasteiger partial charge in [-0.15, -0.1) is 0 Å². The minimum Gasteiger partial charge on any atom is -0.455 e. The van der Waals surface area contributed by atoms with E-state index < -0.39 is 10.2 Å². The van der Waals surface area contributed by atoms with Crippen molar-refractivity contribution in [3.8, 4) is 11.5 Å². The van der Waals surface area contributed by atoms with Gasteiger partial charge >= 0.3 is 0 Å². The molecule has 7 nitrogen and oxygen atoms in total. The van der Waals surface area contributed by atoms with Crippen LogP contribution in [0.2, 0.25) is 0 Å². The lowest BCUT2D eigenvalue weighted by Crippen LogP contribution is -2.40. The normalized spacial score (nSPS) is 17.9. The lowest BCUT2D eigenvalue weighted by Gasteiger charge is -2.20. The Balaban J connectivity index is 1.74. The van der Waals surface area contributed by atoms with Crippen LogP contribution >= 0.6 is 0 Å². The molecule has 128 valence electrons. The lowest BCUT2D eigenvalue weighted by atomic mass is 10.2. The summed E-state index contributed by atoms with van der Waals surface area (Å²) >= 11 is 0. The molecular weight excluding hydrogens is 328 g/mol. The molecule has 24 heavy (non-hydrogen) atoms. The van der Waals surface area contributed by atoms with Gasteiger partial charge in [0.15, 0.2) is 5.75 Å². The molecule has 8 heteroatoms. The SMILES string of the molecule is Nc1ccc(N2CCC(NS(N)(=O)=O)C2)cc1Oc1ccccc1. The summed E-state index contributed by atoms with van der Waals surface area (Å²) in [5.74, 6) is 1.28. The number of nitrogens with zero attached hydrogens (tertiary/aromatic N) is 1. The monoisotopic (exact) mass is 348 g/mol. The van der Waals surface area contributed by atoms with Crippen LogP contribution in [-0.4, -0.2) is 27.5 Å². The van der Waals surface area contributed by atoms with Crippen molar-refractivity contribution in [2.75, 3.05) is 23.7 Å². The van der Waals surface area contributed by atoms with Crippen molar-refractivity contribution >= 4 is 21.6 Å². The Hall–Kier alpha value is -2.29. The Morgan fingerprint density at radius 3 is 2.62 bits per heavy atom. The predicted octanol–water partition coefficient (Wildman–Crippen LogP) is 1.43. The third kappa shape index (κ3) is 4.16. The Labute approximate surface area is 141 Å². The average molecular weight is 348 g/mol. The molecule has 1 aliphatic heterocycles. The molecule has 5 N–H and O–H groups in total. The van der Waals surface area contributed by atoms with Crippen LogP contribution in [0.3, 0.4) is 0 Å². The second-order valence-electron chi connectivity index (χ2n) is 5.73. The highest BCUT2D eigenvalue weighted by atomic mass is 32.2. The van der Waals surface area contributed by atoms with Gasteiger partial charge in [-0.05, 0) is 30.7 Å². The molecule has 1 aliphatic rings. The summed E-state index contributed by atoms with van der Waals surface area (Å²) in [4.78, 5) is 2.07. The van der Waals surface area contributed by atoms with Gasteiger partial charge < -0.3 is 15.4 Å². The summed E-state index contributed by atoms with van der Waals surface area (Å²) < 4.78 is 30.6. The van der Waals surface area contributed by atoms with E-state index in [0.717, 1.165) is 12.2 Å². The minimum absolute atomic E-state index is 0.198. The maximum Gasteiger partial charge on any atom is 0.274 e. The minimum atomic E-state index is -3.69. The van der Waals surface area contributed by atoms with Crippen molar-refractivity contribution < 1.29 is 13.2 Å². The van der Waals surface area contributed by atoms with Gasteiger partial charge in [0.1, 0.15) is 5.75 Å². The van der Waals surface area contributed by atoms with Crippen molar-refractivity contribution in [3.05, 3.63) is 48.5 Å². The van der Waals surface area contributed by atoms with Crippen LogP contribution in [0.25, 0.3) is 0 Å². The highest BCUT2D eigenvalue weighted by Crippen LogP contribution is 2.32.